The standard InChI is InChI=1S/C27H31FN9O10PS/c28-16-19-14(45-25(16)36-6-12-2-1-4-30-21-15(12)22(36)32-9-31-21)7-42-27(40)46-20-18(38)13(8-43-48(41,49)47-19)44-26(20)37-11-33-17-23(37)34-10-35(5-3-29)24(17)39/h6,9-11,13-14,16,18-20,25-26,38H,1-5,7-8,29H2,(H,41,49)(H,30,31,32)/t13-,14-,16-,18-,19-,20-,25-,26-,48?/m1/s1. The number of hydrogen-bond acceptors (Lipinski definition) is 16. The van der Waals surface area contributed by atoms with E-state index in [0.717, 1.165) is 17.4 Å². The van der Waals surface area contributed by atoms with E-state index in [0.29, 0.717) is 24.4 Å². The van der Waals surface area contributed by atoms with Gasteiger partial charge in [0.15, 0.2) is 35.9 Å². The van der Waals surface area contributed by atoms with Gasteiger partial charge in [0.2, 0.25) is 0 Å². The second kappa shape index (κ2) is 12.6. The van der Waals surface area contributed by atoms with Crippen LogP contribution in [0, 0.1) is 0 Å². The molecule has 22 heteroatoms. The number of nitrogens with zero attached hydrogens (tertiary/aromatic N) is 7. The molecule has 8 heterocycles. The number of ether oxygens (including phenoxy) is 4. The lowest BCUT2D eigenvalue weighted by Crippen LogP contribution is -2.38. The summed E-state index contributed by atoms with van der Waals surface area (Å²) in [5.74, 6) is 0.614. The Hall–Kier alpha value is -3.69. The normalized spacial score (nSPS) is 33.5. The molecule has 19 nitrogen and oxygen atoms in total. The Bertz CT molecular complexity index is 2030. The van der Waals surface area contributed by atoms with Gasteiger partial charge >= 0.3 is 13.0 Å². The monoisotopic (exact) mass is 723 g/mol. The van der Waals surface area contributed by atoms with Gasteiger partial charge in [0.05, 0.1) is 18.3 Å². The summed E-state index contributed by atoms with van der Waals surface area (Å²) in [5.41, 5.74) is 6.47. The van der Waals surface area contributed by atoms with Crippen LogP contribution in [0.4, 0.5) is 15.0 Å². The Balaban J connectivity index is 1.08. The number of cyclic esters (lactones) is 1. The molecule has 4 aliphatic heterocycles. The number of imidazole rings is 1. The van der Waals surface area contributed by atoms with Crippen LogP contribution in [-0.4, -0.2) is 108 Å². The number of thiol groups is 1. The zero-order valence-electron chi connectivity index (χ0n) is 25.5. The van der Waals surface area contributed by atoms with Crippen LogP contribution < -0.4 is 16.6 Å². The number of rotatable bonds is 4. The molecule has 1 unspecified atom stereocenters. The molecule has 49 heavy (non-hydrogen) atoms. The van der Waals surface area contributed by atoms with Crippen molar-refractivity contribution in [1.82, 2.24) is 33.6 Å². The zero-order chi connectivity index (χ0) is 34.0. The van der Waals surface area contributed by atoms with Gasteiger partial charge in [-0.25, -0.2) is 33.7 Å². The third-order valence-corrected chi connectivity index (χ3v) is 10.5. The molecule has 0 amide bonds. The van der Waals surface area contributed by atoms with Crippen molar-refractivity contribution in [2.24, 2.45) is 5.73 Å². The van der Waals surface area contributed by atoms with Gasteiger partial charge in [0.1, 0.15) is 55.1 Å². The first-order valence-electron chi connectivity index (χ1n) is 15.5. The molecule has 2 bridgehead atoms. The van der Waals surface area contributed by atoms with Crippen molar-refractivity contribution in [3.05, 3.63) is 41.1 Å². The molecule has 0 aromatic carbocycles. The van der Waals surface area contributed by atoms with E-state index >= 15 is 4.39 Å². The van der Waals surface area contributed by atoms with Crippen LogP contribution in [0.2, 0.25) is 0 Å². The largest absolute Gasteiger partial charge is 0.508 e. The quantitative estimate of drug-likeness (QED) is 0.130. The average molecular weight is 724 g/mol. The minimum Gasteiger partial charge on any atom is -0.431 e. The summed E-state index contributed by atoms with van der Waals surface area (Å²) in [7, 11) is 0. The SMILES string of the molecule is NCCn1cnc2c(ncn2[C@@H]2O[C@@H]3COP(=O)(S)O[C@H]4[C@@H](F)[C@H](n5cc6c7c(ncnc75)NCCC6)O[C@@H]4COC(=O)O[C@@H]2[C@@H]3O)c1=O. The number of nitrogens with one attached hydrogen (secondary N) is 1. The van der Waals surface area contributed by atoms with Crippen LogP contribution in [0.25, 0.3) is 22.2 Å². The molecule has 4 aromatic heterocycles. The first-order chi connectivity index (χ1) is 23.6. The van der Waals surface area contributed by atoms with Crippen LogP contribution in [0.3, 0.4) is 0 Å². The molecule has 4 aromatic rings. The fourth-order valence-corrected chi connectivity index (χ4v) is 8.11. The lowest BCUT2D eigenvalue weighted by atomic mass is 10.1. The number of aryl methyl sites for hydroxylation is 1. The summed E-state index contributed by atoms with van der Waals surface area (Å²) in [6.07, 6.45) is -5.82. The van der Waals surface area contributed by atoms with E-state index in [2.05, 4.69) is 37.5 Å². The first-order valence-corrected chi connectivity index (χ1v) is 18.2. The van der Waals surface area contributed by atoms with Crippen LogP contribution in [0.5, 0.6) is 0 Å². The summed E-state index contributed by atoms with van der Waals surface area (Å²) in [4.78, 5) is 43.1. The minimum absolute atomic E-state index is 0.0174. The van der Waals surface area contributed by atoms with E-state index in [1.54, 1.807) is 6.20 Å². The molecule has 3 fully saturated rings. The Morgan fingerprint density at radius 1 is 1.06 bits per heavy atom. The highest BCUT2D eigenvalue weighted by atomic mass is 32.7. The number of fused-ring (bicyclic) bond motifs is 4. The maximum absolute atomic E-state index is 16.3. The molecule has 8 rings (SSSR count). The summed E-state index contributed by atoms with van der Waals surface area (Å²) >= 11 is 4.07. The Morgan fingerprint density at radius 3 is 2.73 bits per heavy atom. The maximum atomic E-state index is 16.3. The number of carbonyl (C=O) groups is 1. The molecule has 3 saturated heterocycles. The molecule has 9 atom stereocenters. The van der Waals surface area contributed by atoms with Crippen molar-refractivity contribution in [2.45, 2.75) is 68.5 Å². The van der Waals surface area contributed by atoms with E-state index in [1.165, 1.54) is 32.7 Å². The summed E-state index contributed by atoms with van der Waals surface area (Å²) in [5, 5.41) is 15.1. The first kappa shape index (κ1) is 32.5. The number of carbonyl (C=O) groups excluding carboxylic acids is 1. The minimum atomic E-state index is -4.37. The number of aliphatic hydroxyl groups is 1. The fourth-order valence-electron chi connectivity index (χ4n) is 6.63. The van der Waals surface area contributed by atoms with Crippen LogP contribution in [-0.2, 0) is 45.5 Å². The number of nitrogens with two attached hydrogens (primary N) is 1. The Morgan fingerprint density at radius 2 is 1.90 bits per heavy atom. The molecule has 0 radical (unpaired) electrons. The molecule has 4 aliphatic rings. The lowest BCUT2D eigenvalue weighted by Gasteiger charge is -2.24. The van der Waals surface area contributed by atoms with E-state index in [4.69, 9.17) is 33.7 Å². The number of hydrogen-bond donors (Lipinski definition) is 4. The summed E-state index contributed by atoms with van der Waals surface area (Å²) in [6.45, 7) is -4.43. The smallest absolute Gasteiger partial charge is 0.431 e. The second-order valence-corrected chi connectivity index (χ2v) is 14.8. The molecular weight excluding hydrogens is 692 g/mol. The highest BCUT2D eigenvalue weighted by Gasteiger charge is 2.53. The molecule has 0 aliphatic carbocycles. The van der Waals surface area contributed by atoms with Crippen molar-refractivity contribution in [2.75, 3.05) is 31.6 Å². The van der Waals surface area contributed by atoms with E-state index in [9.17, 15) is 19.3 Å². The Kier molecular flexibility index (Phi) is 8.34. The zero-order valence-corrected chi connectivity index (χ0v) is 27.3. The van der Waals surface area contributed by atoms with Gasteiger partial charge in [-0.15, -0.1) is 0 Å². The van der Waals surface area contributed by atoms with E-state index < -0.39 is 80.9 Å². The van der Waals surface area contributed by atoms with Gasteiger partial charge in [-0.3, -0.25) is 23.0 Å². The third kappa shape index (κ3) is 5.67. The van der Waals surface area contributed by atoms with Gasteiger partial charge in [-0.2, -0.15) is 0 Å². The highest BCUT2D eigenvalue weighted by molar-refractivity contribution is 8.44. The van der Waals surface area contributed by atoms with Crippen molar-refractivity contribution in [1.29, 1.82) is 0 Å². The maximum Gasteiger partial charge on any atom is 0.508 e. The molecule has 0 saturated carbocycles. The van der Waals surface area contributed by atoms with Crippen molar-refractivity contribution >= 4 is 53.2 Å². The molecular formula is C27H31FN9O10PS. The average Bonchev–Trinajstić information content (AvgIpc) is 3.78. The van der Waals surface area contributed by atoms with Crippen molar-refractivity contribution < 1.29 is 46.9 Å². The number of aromatic nitrogens is 7. The Labute approximate surface area is 280 Å². The van der Waals surface area contributed by atoms with Gasteiger partial charge in [0.25, 0.3) is 5.56 Å². The molecule has 262 valence electrons. The number of anilines is 1. The summed E-state index contributed by atoms with van der Waals surface area (Å²) in [6, 6.07) is 0. The van der Waals surface area contributed by atoms with Crippen molar-refractivity contribution in [3.63, 3.8) is 0 Å². The number of alkyl halides is 1. The van der Waals surface area contributed by atoms with E-state index in [1.807, 2.05) is 0 Å². The van der Waals surface area contributed by atoms with Gasteiger partial charge in [-0.05, 0) is 18.4 Å². The fraction of sp³-hybridized carbons (Fsp3) is 0.556. The van der Waals surface area contributed by atoms with Crippen LogP contribution >= 0.6 is 19.0 Å². The van der Waals surface area contributed by atoms with Gasteiger partial charge < -0.3 is 39.7 Å². The predicted octanol–water partition coefficient (Wildman–Crippen LogP) is 0.824. The lowest BCUT2D eigenvalue weighted by molar-refractivity contribution is -0.0831. The van der Waals surface area contributed by atoms with Crippen LogP contribution in [0.15, 0.2) is 30.0 Å². The summed E-state index contributed by atoms with van der Waals surface area (Å²) < 4.78 is 67.9. The molecule has 4 N–H and O–H groups in total. The predicted molar refractivity (Wildman–Crippen MR) is 168 cm³/mol. The number of aliphatic hydroxyl groups excluding tert-OH is 1. The van der Waals surface area contributed by atoms with Crippen molar-refractivity contribution in [3.8, 4) is 0 Å². The highest BCUT2D eigenvalue weighted by Crippen LogP contribution is 2.57. The second-order valence-electron chi connectivity index (χ2n) is 11.9. The molecule has 0 spiro atoms. The van der Waals surface area contributed by atoms with Crippen LogP contribution in [0.1, 0.15) is 24.4 Å². The third-order valence-electron chi connectivity index (χ3n) is 8.91. The van der Waals surface area contributed by atoms with E-state index in [-0.39, 0.29) is 24.3 Å². The van der Waals surface area contributed by atoms with Gasteiger partial charge in [0, 0.05) is 25.8 Å². The topological polar surface area (TPSA) is 231 Å². The number of halogens is 1. The van der Waals surface area contributed by atoms with Gasteiger partial charge in [-0.1, -0.05) is 12.2 Å².